The van der Waals surface area contributed by atoms with Crippen LogP contribution in [0.25, 0.3) is 21.9 Å². The summed E-state index contributed by atoms with van der Waals surface area (Å²) < 4.78 is 0. The van der Waals surface area contributed by atoms with Gasteiger partial charge in [0.25, 0.3) is 0 Å². The third kappa shape index (κ3) is 2.38. The molecule has 0 aromatic heterocycles. The molecule has 0 heterocycles. The molecule has 4 saturated carbocycles. The zero-order valence-electron chi connectivity index (χ0n) is 18.9. The van der Waals surface area contributed by atoms with Crippen molar-refractivity contribution in [3.63, 3.8) is 0 Å². The summed E-state index contributed by atoms with van der Waals surface area (Å²) in [5.74, 6) is 3.51. The van der Waals surface area contributed by atoms with Crippen LogP contribution in [-0.4, -0.2) is 0 Å². The van der Waals surface area contributed by atoms with E-state index in [1.165, 1.54) is 65.4 Å². The Labute approximate surface area is 195 Å². The summed E-state index contributed by atoms with van der Waals surface area (Å²) in [6.45, 7) is 0. The fourth-order valence-electron chi connectivity index (χ4n) is 8.74. The summed E-state index contributed by atoms with van der Waals surface area (Å²) >= 11 is 0. The van der Waals surface area contributed by atoms with Gasteiger partial charge in [0, 0.05) is 16.8 Å². The van der Waals surface area contributed by atoms with E-state index in [1.807, 2.05) is 0 Å². The first kappa shape index (κ1) is 18.4. The lowest BCUT2D eigenvalue weighted by Crippen LogP contribution is -2.55. The van der Waals surface area contributed by atoms with E-state index in [1.54, 1.807) is 11.1 Å². The molecule has 1 N–H and O–H groups in total. The van der Waals surface area contributed by atoms with E-state index in [4.69, 9.17) is 0 Å². The zero-order chi connectivity index (χ0) is 21.6. The average Bonchev–Trinajstić information content (AvgIpc) is 3.14. The van der Waals surface area contributed by atoms with Gasteiger partial charge >= 0.3 is 0 Å². The first-order valence-corrected chi connectivity index (χ1v) is 12.8. The fourth-order valence-corrected chi connectivity index (χ4v) is 8.74. The third-order valence-corrected chi connectivity index (χ3v) is 9.60. The summed E-state index contributed by atoms with van der Waals surface area (Å²) in [5.41, 5.74) is 8.91. The summed E-state index contributed by atoms with van der Waals surface area (Å²) in [6.07, 6.45) is 7.18. The molecule has 1 nitrogen and oxygen atoms in total. The molecule has 0 atom stereocenters. The summed E-state index contributed by atoms with van der Waals surface area (Å²) in [6, 6.07) is 31.8. The van der Waals surface area contributed by atoms with Gasteiger partial charge in [0.1, 0.15) is 0 Å². The maximum atomic E-state index is 3.91. The Hall–Kier alpha value is -3.06. The molecule has 5 aliphatic carbocycles. The van der Waals surface area contributed by atoms with Crippen LogP contribution in [0.5, 0.6) is 0 Å². The molecule has 9 rings (SSSR count). The minimum absolute atomic E-state index is 0.194. The molecule has 1 spiro atoms. The van der Waals surface area contributed by atoms with Gasteiger partial charge in [-0.1, -0.05) is 66.7 Å². The average molecular weight is 428 g/mol. The maximum absolute atomic E-state index is 3.91. The number of nitrogens with one attached hydrogen (secondary N) is 1. The molecular weight excluding hydrogens is 398 g/mol. The van der Waals surface area contributed by atoms with Gasteiger partial charge in [-0.2, -0.15) is 0 Å². The molecule has 0 radical (unpaired) electrons. The van der Waals surface area contributed by atoms with E-state index >= 15 is 0 Å². The van der Waals surface area contributed by atoms with Crippen molar-refractivity contribution in [1.29, 1.82) is 0 Å². The highest BCUT2D eigenvalue weighted by Crippen LogP contribution is 2.70. The van der Waals surface area contributed by atoms with Crippen LogP contribution in [0.2, 0.25) is 0 Å². The topological polar surface area (TPSA) is 12.0 Å². The van der Waals surface area contributed by atoms with Crippen molar-refractivity contribution in [2.24, 2.45) is 23.7 Å². The fraction of sp³-hybridized carbons (Fsp3) is 0.312. The first-order chi connectivity index (χ1) is 16.3. The number of anilines is 2. The van der Waals surface area contributed by atoms with Crippen molar-refractivity contribution in [1.82, 2.24) is 0 Å². The Balaban J connectivity index is 1.34. The van der Waals surface area contributed by atoms with Gasteiger partial charge in [-0.15, -0.1) is 0 Å². The number of benzene rings is 4. The minimum Gasteiger partial charge on any atom is -0.355 e. The van der Waals surface area contributed by atoms with E-state index < -0.39 is 0 Å². The maximum Gasteiger partial charge on any atom is 0.0432 e. The van der Waals surface area contributed by atoms with Crippen LogP contribution in [0.15, 0.2) is 84.9 Å². The van der Waals surface area contributed by atoms with Crippen molar-refractivity contribution in [3.8, 4) is 11.1 Å². The summed E-state index contributed by atoms with van der Waals surface area (Å²) in [7, 11) is 0. The quantitative estimate of drug-likeness (QED) is 0.339. The van der Waals surface area contributed by atoms with Gasteiger partial charge in [0.15, 0.2) is 0 Å². The van der Waals surface area contributed by atoms with Gasteiger partial charge in [-0.3, -0.25) is 0 Å². The Bertz CT molecular complexity index is 1390. The number of rotatable bonds is 2. The van der Waals surface area contributed by atoms with Gasteiger partial charge in [-0.25, -0.2) is 0 Å². The molecule has 0 saturated heterocycles. The van der Waals surface area contributed by atoms with Crippen molar-refractivity contribution in [2.75, 3.05) is 5.32 Å². The smallest absolute Gasteiger partial charge is 0.0432 e. The van der Waals surface area contributed by atoms with E-state index in [-0.39, 0.29) is 5.41 Å². The Morgan fingerprint density at radius 1 is 0.606 bits per heavy atom. The van der Waals surface area contributed by atoms with Crippen LogP contribution in [0.4, 0.5) is 11.4 Å². The van der Waals surface area contributed by atoms with E-state index in [0.717, 1.165) is 23.7 Å². The SMILES string of the molecule is c1ccc2c(c1)-c1cccc(Nc3ccc4ccccc4c3)c1C21C2CC3CC(C2)CC1C3. The lowest BCUT2D eigenvalue weighted by atomic mass is 9.43. The second kappa shape index (κ2) is 6.50. The van der Waals surface area contributed by atoms with Crippen LogP contribution in [0, 0.1) is 23.7 Å². The summed E-state index contributed by atoms with van der Waals surface area (Å²) in [4.78, 5) is 0. The monoisotopic (exact) mass is 427 g/mol. The van der Waals surface area contributed by atoms with Crippen molar-refractivity contribution in [3.05, 3.63) is 96.1 Å². The molecule has 162 valence electrons. The Morgan fingerprint density at radius 3 is 2.12 bits per heavy atom. The van der Waals surface area contributed by atoms with Crippen molar-refractivity contribution < 1.29 is 0 Å². The zero-order valence-corrected chi connectivity index (χ0v) is 18.9. The molecule has 0 amide bonds. The van der Waals surface area contributed by atoms with Gasteiger partial charge in [-0.05, 0) is 107 Å². The highest BCUT2D eigenvalue weighted by molar-refractivity contribution is 5.90. The van der Waals surface area contributed by atoms with Gasteiger partial charge < -0.3 is 5.32 Å². The van der Waals surface area contributed by atoms with Crippen LogP contribution in [-0.2, 0) is 5.41 Å². The van der Waals surface area contributed by atoms with Crippen LogP contribution >= 0.6 is 0 Å². The second-order valence-electron chi connectivity index (χ2n) is 11.1. The molecule has 4 aromatic rings. The van der Waals surface area contributed by atoms with Crippen molar-refractivity contribution >= 4 is 22.1 Å². The highest BCUT2D eigenvalue weighted by atomic mass is 14.9. The number of hydrogen-bond acceptors (Lipinski definition) is 1. The molecular formula is C32H29N. The third-order valence-electron chi connectivity index (χ3n) is 9.60. The largest absolute Gasteiger partial charge is 0.355 e. The molecule has 0 aliphatic heterocycles. The van der Waals surface area contributed by atoms with Crippen molar-refractivity contribution in [2.45, 2.75) is 37.5 Å². The van der Waals surface area contributed by atoms with Crippen LogP contribution in [0.3, 0.4) is 0 Å². The molecule has 5 aliphatic rings. The minimum atomic E-state index is 0.194. The molecule has 4 bridgehead atoms. The molecule has 1 heteroatoms. The Kier molecular flexibility index (Phi) is 3.62. The number of hydrogen-bond donors (Lipinski definition) is 1. The Morgan fingerprint density at radius 2 is 1.30 bits per heavy atom. The van der Waals surface area contributed by atoms with Gasteiger partial charge in [0.2, 0.25) is 0 Å². The number of fused-ring (bicyclic) bond motifs is 4. The van der Waals surface area contributed by atoms with E-state index in [2.05, 4.69) is 90.2 Å². The highest BCUT2D eigenvalue weighted by Gasteiger charge is 2.62. The first-order valence-electron chi connectivity index (χ1n) is 12.8. The van der Waals surface area contributed by atoms with E-state index in [9.17, 15) is 0 Å². The lowest BCUT2D eigenvalue weighted by molar-refractivity contribution is -0.0396. The predicted molar refractivity (Wildman–Crippen MR) is 137 cm³/mol. The van der Waals surface area contributed by atoms with Crippen LogP contribution < -0.4 is 5.32 Å². The lowest BCUT2D eigenvalue weighted by Gasteiger charge is -2.61. The second-order valence-corrected chi connectivity index (χ2v) is 11.1. The molecule has 0 unspecified atom stereocenters. The normalized spacial score (nSPS) is 30.5. The van der Waals surface area contributed by atoms with Crippen LogP contribution in [0.1, 0.15) is 43.2 Å². The van der Waals surface area contributed by atoms with Gasteiger partial charge in [0.05, 0.1) is 0 Å². The standard InChI is InChI=1S/C32H29N/c1-2-7-23-19-26(13-12-22(23)6-1)33-30-11-5-9-28-27-8-3-4-10-29(27)32(31(28)30)24-15-20-14-21(17-24)18-25(32)16-20/h1-13,19-21,24-25,33H,14-18H2. The molecule has 4 fully saturated rings. The van der Waals surface area contributed by atoms with E-state index in [0.29, 0.717) is 0 Å². The molecule has 4 aromatic carbocycles. The summed E-state index contributed by atoms with van der Waals surface area (Å²) in [5, 5.41) is 6.51. The predicted octanol–water partition coefficient (Wildman–Crippen LogP) is 8.31. The molecule has 33 heavy (non-hydrogen) atoms.